The maximum atomic E-state index is 3.44. The van der Waals surface area contributed by atoms with Crippen LogP contribution < -0.4 is 5.32 Å². The number of nitrogens with one attached hydrogen (secondary N) is 1. The Morgan fingerprint density at radius 2 is 2.00 bits per heavy atom. The van der Waals surface area contributed by atoms with Crippen molar-refractivity contribution in [1.29, 1.82) is 0 Å². The fraction of sp³-hybridized carbons (Fsp3) is 1.00. The van der Waals surface area contributed by atoms with Crippen LogP contribution >= 0.6 is 0 Å². The topological polar surface area (TPSA) is 15.3 Å². The van der Waals surface area contributed by atoms with E-state index in [0.717, 1.165) is 11.8 Å². The number of likely N-dealkylation sites (tertiary alicyclic amines) is 1. The zero-order chi connectivity index (χ0) is 9.10. The maximum absolute atomic E-state index is 3.44. The van der Waals surface area contributed by atoms with Crippen LogP contribution in [0.5, 0.6) is 0 Å². The Labute approximate surface area is 81.7 Å². The van der Waals surface area contributed by atoms with Crippen molar-refractivity contribution >= 4 is 0 Å². The van der Waals surface area contributed by atoms with Gasteiger partial charge in [-0.25, -0.2) is 0 Å². The summed E-state index contributed by atoms with van der Waals surface area (Å²) in [5.74, 6) is 1.91. The summed E-state index contributed by atoms with van der Waals surface area (Å²) in [5.41, 5.74) is 0. The van der Waals surface area contributed by atoms with Crippen molar-refractivity contribution in [2.45, 2.75) is 26.2 Å². The van der Waals surface area contributed by atoms with Gasteiger partial charge in [-0.05, 0) is 57.3 Å². The molecule has 2 fully saturated rings. The Bertz CT molecular complexity index is 144. The van der Waals surface area contributed by atoms with Gasteiger partial charge in [-0.1, -0.05) is 6.92 Å². The summed E-state index contributed by atoms with van der Waals surface area (Å²) in [7, 11) is 0. The van der Waals surface area contributed by atoms with Gasteiger partial charge in [0.2, 0.25) is 0 Å². The highest BCUT2D eigenvalue weighted by molar-refractivity contribution is 4.77. The minimum absolute atomic E-state index is 0.938. The van der Waals surface area contributed by atoms with Crippen LogP contribution in [0.3, 0.4) is 0 Å². The summed E-state index contributed by atoms with van der Waals surface area (Å²) in [4.78, 5) is 2.66. The van der Waals surface area contributed by atoms with Crippen LogP contribution in [-0.2, 0) is 0 Å². The van der Waals surface area contributed by atoms with Gasteiger partial charge in [0.25, 0.3) is 0 Å². The van der Waals surface area contributed by atoms with Crippen molar-refractivity contribution < 1.29 is 0 Å². The smallest absolute Gasteiger partial charge is 0.00223 e. The van der Waals surface area contributed by atoms with Crippen LogP contribution in [-0.4, -0.2) is 37.6 Å². The van der Waals surface area contributed by atoms with Gasteiger partial charge < -0.3 is 10.2 Å². The molecule has 2 heterocycles. The Morgan fingerprint density at radius 1 is 1.23 bits per heavy atom. The van der Waals surface area contributed by atoms with E-state index in [9.17, 15) is 0 Å². The Hall–Kier alpha value is -0.0800. The minimum atomic E-state index is 0.938. The first kappa shape index (κ1) is 9.47. The molecule has 76 valence electrons. The zero-order valence-electron chi connectivity index (χ0n) is 8.76. The quantitative estimate of drug-likeness (QED) is 0.693. The molecule has 1 atom stereocenters. The minimum Gasteiger partial charge on any atom is -0.316 e. The second-order valence-corrected chi connectivity index (χ2v) is 4.84. The molecule has 0 radical (unpaired) electrons. The molecule has 2 heteroatoms. The second kappa shape index (κ2) is 4.43. The van der Waals surface area contributed by atoms with Crippen molar-refractivity contribution in [3.8, 4) is 0 Å². The Morgan fingerprint density at radius 3 is 2.62 bits per heavy atom. The maximum Gasteiger partial charge on any atom is 0.00223 e. The summed E-state index contributed by atoms with van der Waals surface area (Å²) in [5, 5.41) is 3.44. The number of rotatable bonds is 2. The van der Waals surface area contributed by atoms with E-state index in [4.69, 9.17) is 0 Å². The average Bonchev–Trinajstić information content (AvgIpc) is 2.62. The molecule has 2 saturated heterocycles. The molecule has 0 spiro atoms. The van der Waals surface area contributed by atoms with E-state index in [1.807, 2.05) is 0 Å². The van der Waals surface area contributed by atoms with Crippen LogP contribution in [0.2, 0.25) is 0 Å². The molecule has 2 nitrogen and oxygen atoms in total. The molecule has 2 rings (SSSR count). The summed E-state index contributed by atoms with van der Waals surface area (Å²) < 4.78 is 0. The molecule has 0 saturated carbocycles. The Kier molecular flexibility index (Phi) is 3.23. The van der Waals surface area contributed by atoms with E-state index in [2.05, 4.69) is 17.1 Å². The lowest BCUT2D eigenvalue weighted by atomic mass is 9.98. The van der Waals surface area contributed by atoms with E-state index in [1.165, 1.54) is 52.0 Å². The van der Waals surface area contributed by atoms with Crippen molar-refractivity contribution in [2.75, 3.05) is 32.7 Å². The molecule has 13 heavy (non-hydrogen) atoms. The average molecular weight is 182 g/mol. The third-order valence-electron chi connectivity index (χ3n) is 3.56. The van der Waals surface area contributed by atoms with E-state index in [1.54, 1.807) is 0 Å². The highest BCUT2D eigenvalue weighted by Gasteiger charge is 2.21. The van der Waals surface area contributed by atoms with E-state index in [0.29, 0.717) is 0 Å². The molecule has 1 unspecified atom stereocenters. The lowest BCUT2D eigenvalue weighted by molar-refractivity contribution is 0.171. The van der Waals surface area contributed by atoms with Gasteiger partial charge in [-0.15, -0.1) is 0 Å². The molecule has 0 aromatic heterocycles. The molecule has 0 amide bonds. The molecule has 0 aromatic rings. The normalized spacial score (nSPS) is 32.5. The summed E-state index contributed by atoms with van der Waals surface area (Å²) in [6.45, 7) is 8.92. The monoisotopic (exact) mass is 182 g/mol. The lowest BCUT2D eigenvalue weighted by Crippen LogP contribution is -2.37. The first-order chi connectivity index (χ1) is 6.34. The molecule has 0 aliphatic carbocycles. The predicted octanol–water partition coefficient (Wildman–Crippen LogP) is 1.33. The Balaban J connectivity index is 1.69. The summed E-state index contributed by atoms with van der Waals surface area (Å²) in [6.07, 6.45) is 4.23. The standard InChI is InChI=1S/C11H22N2/c1-10-3-6-13(7-4-10)9-11-2-5-12-8-11/h10-12H,2-9H2,1H3. The molecule has 0 bridgehead atoms. The first-order valence-electron chi connectivity index (χ1n) is 5.77. The highest BCUT2D eigenvalue weighted by Crippen LogP contribution is 2.18. The molecule has 2 aliphatic rings. The number of nitrogens with zero attached hydrogens (tertiary/aromatic N) is 1. The van der Waals surface area contributed by atoms with Gasteiger partial charge in [-0.3, -0.25) is 0 Å². The fourth-order valence-corrected chi connectivity index (χ4v) is 2.48. The van der Waals surface area contributed by atoms with E-state index in [-0.39, 0.29) is 0 Å². The summed E-state index contributed by atoms with van der Waals surface area (Å²) >= 11 is 0. The predicted molar refractivity (Wildman–Crippen MR) is 55.8 cm³/mol. The van der Waals surface area contributed by atoms with Gasteiger partial charge in [0.15, 0.2) is 0 Å². The molecular formula is C11H22N2. The van der Waals surface area contributed by atoms with Gasteiger partial charge >= 0.3 is 0 Å². The zero-order valence-corrected chi connectivity index (χ0v) is 8.76. The number of hydrogen-bond acceptors (Lipinski definition) is 2. The van der Waals surface area contributed by atoms with Gasteiger partial charge in [0.05, 0.1) is 0 Å². The van der Waals surface area contributed by atoms with Gasteiger partial charge in [0, 0.05) is 6.54 Å². The van der Waals surface area contributed by atoms with Gasteiger partial charge in [-0.2, -0.15) is 0 Å². The third kappa shape index (κ3) is 2.68. The number of piperidine rings is 1. The fourth-order valence-electron chi connectivity index (χ4n) is 2.48. The van der Waals surface area contributed by atoms with Crippen LogP contribution in [0.4, 0.5) is 0 Å². The van der Waals surface area contributed by atoms with Crippen LogP contribution in [0.1, 0.15) is 26.2 Å². The SMILES string of the molecule is CC1CCN(CC2CCNC2)CC1. The van der Waals surface area contributed by atoms with E-state index < -0.39 is 0 Å². The summed E-state index contributed by atoms with van der Waals surface area (Å²) in [6, 6.07) is 0. The molecular weight excluding hydrogens is 160 g/mol. The second-order valence-electron chi connectivity index (χ2n) is 4.84. The van der Waals surface area contributed by atoms with Crippen molar-refractivity contribution in [2.24, 2.45) is 11.8 Å². The largest absolute Gasteiger partial charge is 0.316 e. The van der Waals surface area contributed by atoms with E-state index >= 15 is 0 Å². The van der Waals surface area contributed by atoms with Gasteiger partial charge in [0.1, 0.15) is 0 Å². The van der Waals surface area contributed by atoms with Crippen molar-refractivity contribution in [3.63, 3.8) is 0 Å². The molecule has 0 aromatic carbocycles. The lowest BCUT2D eigenvalue weighted by Gasteiger charge is -2.31. The van der Waals surface area contributed by atoms with Crippen LogP contribution in [0, 0.1) is 11.8 Å². The first-order valence-corrected chi connectivity index (χ1v) is 5.77. The highest BCUT2D eigenvalue weighted by atomic mass is 15.1. The van der Waals surface area contributed by atoms with Crippen LogP contribution in [0.25, 0.3) is 0 Å². The third-order valence-corrected chi connectivity index (χ3v) is 3.56. The van der Waals surface area contributed by atoms with Crippen molar-refractivity contribution in [1.82, 2.24) is 10.2 Å². The molecule has 2 aliphatic heterocycles. The number of hydrogen-bond donors (Lipinski definition) is 1. The van der Waals surface area contributed by atoms with Crippen molar-refractivity contribution in [3.05, 3.63) is 0 Å². The molecule has 1 N–H and O–H groups in total. The van der Waals surface area contributed by atoms with Crippen LogP contribution in [0.15, 0.2) is 0 Å².